The number of hydrogen-bond acceptors (Lipinski definition) is 6. The summed E-state index contributed by atoms with van der Waals surface area (Å²) < 4.78 is 67.4. The zero-order chi connectivity index (χ0) is 29.5. The van der Waals surface area contributed by atoms with Gasteiger partial charge in [0.2, 0.25) is 11.8 Å². The Labute approximate surface area is 232 Å². The third-order valence-corrected chi connectivity index (χ3v) is 7.72. The molecule has 14 heteroatoms. The normalized spacial score (nSPS) is 19.2. The van der Waals surface area contributed by atoms with Crippen molar-refractivity contribution in [3.8, 4) is 0 Å². The lowest BCUT2D eigenvalue weighted by Gasteiger charge is -2.32. The van der Waals surface area contributed by atoms with E-state index in [9.17, 15) is 31.5 Å². The van der Waals surface area contributed by atoms with Gasteiger partial charge in [-0.3, -0.25) is 9.59 Å². The lowest BCUT2D eigenvalue weighted by atomic mass is 9.77. The summed E-state index contributed by atoms with van der Waals surface area (Å²) in [6.07, 6.45) is -1.68. The highest BCUT2D eigenvalue weighted by atomic mass is 19.4. The van der Waals surface area contributed by atoms with Crippen LogP contribution in [0.15, 0.2) is 24.5 Å². The topological polar surface area (TPSA) is 128 Å². The first-order valence-corrected chi connectivity index (χ1v) is 13.5. The van der Waals surface area contributed by atoms with Gasteiger partial charge in [-0.25, -0.2) is 28.2 Å². The van der Waals surface area contributed by atoms with Crippen molar-refractivity contribution in [1.29, 1.82) is 0 Å². The van der Waals surface area contributed by atoms with Crippen molar-refractivity contribution in [2.75, 3.05) is 0 Å². The Morgan fingerprint density at radius 2 is 1.80 bits per heavy atom. The molecule has 0 aliphatic heterocycles. The van der Waals surface area contributed by atoms with Crippen molar-refractivity contribution in [3.05, 3.63) is 53.0 Å². The smallest absolute Gasteiger partial charge is 0.364 e. The van der Waals surface area contributed by atoms with Crippen LogP contribution < -0.4 is 11.1 Å². The van der Waals surface area contributed by atoms with Gasteiger partial charge in [0.25, 0.3) is 5.91 Å². The average Bonchev–Trinajstić information content (AvgIpc) is 3.65. The van der Waals surface area contributed by atoms with Gasteiger partial charge < -0.3 is 11.1 Å². The summed E-state index contributed by atoms with van der Waals surface area (Å²) in [7, 11) is 0. The van der Waals surface area contributed by atoms with E-state index in [1.807, 2.05) is 0 Å². The highest BCUT2D eigenvalue weighted by Crippen LogP contribution is 2.44. The van der Waals surface area contributed by atoms with E-state index in [0.717, 1.165) is 12.8 Å². The first-order chi connectivity index (χ1) is 19.3. The number of halogens is 5. The number of aromatic nitrogens is 5. The molecule has 2 atom stereocenters. The summed E-state index contributed by atoms with van der Waals surface area (Å²) in [5.74, 6) is -4.76. The predicted molar refractivity (Wildman–Crippen MR) is 136 cm³/mol. The van der Waals surface area contributed by atoms with Gasteiger partial charge >= 0.3 is 6.18 Å². The molecule has 2 amide bonds. The van der Waals surface area contributed by atoms with Gasteiger partial charge in [0.1, 0.15) is 11.5 Å². The summed E-state index contributed by atoms with van der Waals surface area (Å²) in [5.41, 5.74) is 7.46. The van der Waals surface area contributed by atoms with Crippen molar-refractivity contribution in [1.82, 2.24) is 29.9 Å². The van der Waals surface area contributed by atoms with Gasteiger partial charge in [-0.1, -0.05) is 0 Å². The zero-order valence-electron chi connectivity index (χ0n) is 22.3. The van der Waals surface area contributed by atoms with Crippen molar-refractivity contribution in [3.63, 3.8) is 0 Å². The lowest BCUT2D eigenvalue weighted by molar-refractivity contribution is -0.144. The summed E-state index contributed by atoms with van der Waals surface area (Å²) >= 11 is 0. The van der Waals surface area contributed by atoms with E-state index in [1.54, 1.807) is 19.2 Å². The lowest BCUT2D eigenvalue weighted by Crippen LogP contribution is -2.30. The number of imidazole rings is 1. The number of carbonyl (C=O) groups is 2. The van der Waals surface area contributed by atoms with Gasteiger partial charge in [0, 0.05) is 25.0 Å². The molecule has 3 aromatic rings. The summed E-state index contributed by atoms with van der Waals surface area (Å²) in [4.78, 5) is 37.8. The van der Waals surface area contributed by atoms with Crippen LogP contribution in [0.4, 0.5) is 22.0 Å². The molecule has 9 nitrogen and oxygen atoms in total. The number of amides is 2. The van der Waals surface area contributed by atoms with Crippen LogP contribution in [0.1, 0.15) is 96.6 Å². The quantitative estimate of drug-likeness (QED) is 0.351. The van der Waals surface area contributed by atoms with E-state index in [4.69, 9.17) is 10.7 Å². The van der Waals surface area contributed by atoms with Crippen LogP contribution in [0.3, 0.4) is 0 Å². The third kappa shape index (κ3) is 6.96. The van der Waals surface area contributed by atoms with Crippen LogP contribution in [0.5, 0.6) is 0 Å². The van der Waals surface area contributed by atoms with Gasteiger partial charge in [-0.05, 0) is 62.1 Å². The van der Waals surface area contributed by atoms with Crippen molar-refractivity contribution in [2.45, 2.75) is 82.3 Å². The number of nitrogens with one attached hydrogen (secondary N) is 1. The summed E-state index contributed by atoms with van der Waals surface area (Å²) in [6, 6.07) is 2.65. The maximum Gasteiger partial charge on any atom is 0.389 e. The highest BCUT2D eigenvalue weighted by molar-refractivity contribution is 5.90. The molecule has 0 bridgehead atoms. The monoisotopic (exact) mass is 579 g/mol. The molecule has 2 aliphatic rings. The number of rotatable bonds is 9. The van der Waals surface area contributed by atoms with Crippen LogP contribution in [0, 0.1) is 18.8 Å². The van der Waals surface area contributed by atoms with E-state index in [-0.39, 0.29) is 49.0 Å². The van der Waals surface area contributed by atoms with E-state index in [2.05, 4.69) is 20.4 Å². The number of fused-ring (bicyclic) bond motifs is 1. The molecule has 3 N–H and O–H groups in total. The Kier molecular flexibility index (Phi) is 7.68. The first-order valence-electron chi connectivity index (χ1n) is 13.5. The molecule has 3 aromatic heterocycles. The molecule has 3 heterocycles. The first kappa shape index (κ1) is 28.8. The van der Waals surface area contributed by atoms with E-state index >= 15 is 0 Å². The maximum atomic E-state index is 14.0. The maximum absolute atomic E-state index is 14.0. The molecule has 0 unspecified atom stereocenters. The fraction of sp³-hybridized carbons (Fsp3) is 0.556. The zero-order valence-corrected chi connectivity index (χ0v) is 22.3. The van der Waals surface area contributed by atoms with Gasteiger partial charge in [-0.2, -0.15) is 18.3 Å². The Bertz CT molecular complexity index is 1440. The largest absolute Gasteiger partial charge is 0.389 e. The van der Waals surface area contributed by atoms with Crippen LogP contribution in [0.2, 0.25) is 0 Å². The predicted octanol–water partition coefficient (Wildman–Crippen LogP) is 4.79. The van der Waals surface area contributed by atoms with Gasteiger partial charge in [0.05, 0.1) is 36.5 Å². The molecule has 0 radical (unpaired) electrons. The van der Waals surface area contributed by atoms with Gasteiger partial charge in [0.15, 0.2) is 5.65 Å². The second-order valence-corrected chi connectivity index (χ2v) is 11.0. The van der Waals surface area contributed by atoms with Crippen molar-refractivity contribution < 1.29 is 31.5 Å². The molecular weight excluding hydrogens is 549 g/mol. The van der Waals surface area contributed by atoms with E-state index in [1.165, 1.54) is 16.8 Å². The SMILES string of the molecule is Cc1cc(C(N)=O)nc([C@H](c2cn3ncc([C@H](NC(=O)CCC(F)(F)F)C4CC4)cc3n2)C2CCC(F)(F)CC2)n1. The Morgan fingerprint density at radius 3 is 2.44 bits per heavy atom. The van der Waals surface area contributed by atoms with Crippen LogP contribution in [0.25, 0.3) is 5.65 Å². The summed E-state index contributed by atoms with van der Waals surface area (Å²) in [6.45, 7) is 1.68. The molecular formula is C27H30F5N7O2. The van der Waals surface area contributed by atoms with Crippen LogP contribution in [-0.2, 0) is 4.79 Å². The molecule has 0 aromatic carbocycles. The van der Waals surface area contributed by atoms with Crippen molar-refractivity contribution >= 4 is 17.5 Å². The van der Waals surface area contributed by atoms with Crippen LogP contribution in [-0.4, -0.2) is 48.5 Å². The fourth-order valence-corrected chi connectivity index (χ4v) is 5.47. The number of aryl methyl sites for hydroxylation is 1. The Morgan fingerprint density at radius 1 is 1.10 bits per heavy atom. The molecule has 2 fully saturated rings. The molecule has 0 saturated heterocycles. The Balaban J connectivity index is 1.47. The number of carbonyl (C=O) groups excluding carboxylic acids is 2. The van der Waals surface area contributed by atoms with E-state index < -0.39 is 48.7 Å². The van der Waals surface area contributed by atoms with Gasteiger partial charge in [-0.15, -0.1) is 0 Å². The molecule has 2 aliphatic carbocycles. The minimum absolute atomic E-state index is 0.0105. The number of primary amides is 1. The average molecular weight is 580 g/mol. The third-order valence-electron chi connectivity index (χ3n) is 7.72. The number of nitrogens with two attached hydrogens (primary N) is 1. The standard InChI is InChI=1S/C27H30F5N7O2/c1-14-10-18(24(33)41)37-25(35-14)22(15-4-7-26(28,29)8-5-15)19-13-39-20(36-19)11-17(12-34-39)23(16-2-3-16)38-21(40)6-9-27(30,31)32/h10-13,15-16,22-23H,2-9H2,1H3,(H2,33,41)(H,38,40)/t22-,23+/m0/s1. The van der Waals surface area contributed by atoms with Crippen molar-refractivity contribution in [2.24, 2.45) is 17.6 Å². The molecule has 41 heavy (non-hydrogen) atoms. The minimum atomic E-state index is -4.43. The van der Waals surface area contributed by atoms with Crippen LogP contribution >= 0.6 is 0 Å². The fourth-order valence-electron chi connectivity index (χ4n) is 5.47. The molecule has 0 spiro atoms. The van der Waals surface area contributed by atoms with E-state index in [0.29, 0.717) is 22.6 Å². The second-order valence-electron chi connectivity index (χ2n) is 11.0. The number of nitrogens with zero attached hydrogens (tertiary/aromatic N) is 5. The highest BCUT2D eigenvalue weighted by Gasteiger charge is 2.41. The Hall–Kier alpha value is -3.71. The molecule has 5 rings (SSSR count). The molecule has 220 valence electrons. The molecule has 2 saturated carbocycles. The summed E-state index contributed by atoms with van der Waals surface area (Å²) in [5, 5.41) is 7.14. The second kappa shape index (κ2) is 10.9. The number of hydrogen-bond donors (Lipinski definition) is 2. The number of alkyl halides is 5. The minimum Gasteiger partial charge on any atom is -0.364 e.